The number of furan rings is 1. The summed E-state index contributed by atoms with van der Waals surface area (Å²) in [6, 6.07) is 4.21. The maximum atomic E-state index is 11.9. The minimum atomic E-state index is -0.647. The van der Waals surface area contributed by atoms with Crippen molar-refractivity contribution >= 4 is 11.8 Å². The molecule has 1 atom stereocenters. The molecule has 0 aromatic carbocycles. The molecular weight excluding hydrogens is 262 g/mol. The Kier molecular flexibility index (Phi) is 4.19. The van der Waals surface area contributed by atoms with Crippen LogP contribution in [0.25, 0.3) is 11.5 Å². The Morgan fingerprint density at radius 2 is 2.20 bits per heavy atom. The quantitative estimate of drug-likeness (QED) is 0.855. The molecule has 2 N–H and O–H groups in total. The van der Waals surface area contributed by atoms with E-state index in [1.54, 1.807) is 26.0 Å². The van der Waals surface area contributed by atoms with Gasteiger partial charge in [0.15, 0.2) is 11.5 Å². The SMILES string of the molecule is CCNC(=O)C(C)NC(=O)c1cc(-c2ccco2)on1. The Balaban J connectivity index is 2.01. The zero-order chi connectivity index (χ0) is 14.5. The van der Waals surface area contributed by atoms with Gasteiger partial charge in [-0.05, 0) is 26.0 Å². The lowest BCUT2D eigenvalue weighted by atomic mass is 10.2. The highest BCUT2D eigenvalue weighted by Gasteiger charge is 2.19. The number of nitrogens with one attached hydrogen (secondary N) is 2. The van der Waals surface area contributed by atoms with Crippen LogP contribution in [0.1, 0.15) is 24.3 Å². The summed E-state index contributed by atoms with van der Waals surface area (Å²) in [4.78, 5) is 23.4. The van der Waals surface area contributed by atoms with Crippen LogP contribution in [0, 0.1) is 0 Å². The van der Waals surface area contributed by atoms with Gasteiger partial charge in [0, 0.05) is 12.6 Å². The number of carbonyl (C=O) groups is 2. The summed E-state index contributed by atoms with van der Waals surface area (Å²) < 4.78 is 10.1. The molecule has 0 fully saturated rings. The van der Waals surface area contributed by atoms with E-state index in [4.69, 9.17) is 8.94 Å². The van der Waals surface area contributed by atoms with Crippen molar-refractivity contribution in [3.63, 3.8) is 0 Å². The summed E-state index contributed by atoms with van der Waals surface area (Å²) >= 11 is 0. The third-order valence-electron chi connectivity index (χ3n) is 2.60. The zero-order valence-electron chi connectivity index (χ0n) is 11.2. The van der Waals surface area contributed by atoms with Crippen LogP contribution >= 0.6 is 0 Å². The number of likely N-dealkylation sites (N-methyl/N-ethyl adjacent to an activating group) is 1. The second-order valence-electron chi connectivity index (χ2n) is 4.14. The van der Waals surface area contributed by atoms with E-state index in [-0.39, 0.29) is 11.6 Å². The van der Waals surface area contributed by atoms with E-state index in [0.717, 1.165) is 0 Å². The second-order valence-corrected chi connectivity index (χ2v) is 4.14. The fraction of sp³-hybridized carbons (Fsp3) is 0.308. The van der Waals surface area contributed by atoms with Crippen LogP contribution < -0.4 is 10.6 Å². The van der Waals surface area contributed by atoms with Crippen LogP contribution in [-0.4, -0.2) is 29.6 Å². The van der Waals surface area contributed by atoms with Crippen LogP contribution in [0.15, 0.2) is 33.4 Å². The number of hydrogen-bond donors (Lipinski definition) is 2. The van der Waals surface area contributed by atoms with Crippen LogP contribution in [0.2, 0.25) is 0 Å². The van der Waals surface area contributed by atoms with Gasteiger partial charge in [-0.25, -0.2) is 0 Å². The number of nitrogens with zero attached hydrogens (tertiary/aromatic N) is 1. The molecule has 0 spiro atoms. The Morgan fingerprint density at radius 1 is 1.40 bits per heavy atom. The highest BCUT2D eigenvalue weighted by Crippen LogP contribution is 2.20. The van der Waals surface area contributed by atoms with E-state index in [1.165, 1.54) is 12.3 Å². The lowest BCUT2D eigenvalue weighted by molar-refractivity contribution is -0.122. The van der Waals surface area contributed by atoms with Gasteiger partial charge in [0.2, 0.25) is 11.7 Å². The predicted octanol–water partition coefficient (Wildman–Crippen LogP) is 1.19. The summed E-state index contributed by atoms with van der Waals surface area (Å²) in [6.07, 6.45) is 1.49. The fourth-order valence-electron chi connectivity index (χ4n) is 1.58. The Morgan fingerprint density at radius 3 is 2.85 bits per heavy atom. The van der Waals surface area contributed by atoms with Crippen molar-refractivity contribution in [3.05, 3.63) is 30.2 Å². The van der Waals surface area contributed by atoms with Gasteiger partial charge in [-0.15, -0.1) is 0 Å². The van der Waals surface area contributed by atoms with E-state index < -0.39 is 11.9 Å². The number of amides is 2. The molecule has 0 radical (unpaired) electrons. The van der Waals surface area contributed by atoms with Gasteiger partial charge >= 0.3 is 0 Å². The minimum absolute atomic E-state index is 0.0903. The maximum Gasteiger partial charge on any atom is 0.274 e. The summed E-state index contributed by atoms with van der Waals surface area (Å²) in [6.45, 7) is 3.90. The fourth-order valence-corrected chi connectivity index (χ4v) is 1.58. The lowest BCUT2D eigenvalue weighted by Gasteiger charge is -2.11. The first-order chi connectivity index (χ1) is 9.61. The van der Waals surface area contributed by atoms with Gasteiger partial charge in [-0.3, -0.25) is 9.59 Å². The van der Waals surface area contributed by atoms with E-state index in [1.807, 2.05) is 0 Å². The normalized spacial score (nSPS) is 11.9. The van der Waals surface area contributed by atoms with Crippen molar-refractivity contribution in [2.24, 2.45) is 0 Å². The maximum absolute atomic E-state index is 11.9. The number of hydrogen-bond acceptors (Lipinski definition) is 5. The topological polar surface area (TPSA) is 97.4 Å². The molecule has 0 saturated carbocycles. The molecule has 7 nitrogen and oxygen atoms in total. The monoisotopic (exact) mass is 277 g/mol. The Labute approximate surface area is 115 Å². The second kappa shape index (κ2) is 6.05. The third-order valence-corrected chi connectivity index (χ3v) is 2.60. The standard InChI is InChI=1S/C13H15N3O4/c1-3-14-12(17)8(2)15-13(18)9-7-11(20-16-9)10-5-4-6-19-10/h4-8H,3H2,1-2H3,(H,14,17)(H,15,18). The van der Waals surface area contributed by atoms with Crippen molar-refractivity contribution in [3.8, 4) is 11.5 Å². The average Bonchev–Trinajstić information content (AvgIpc) is 3.09. The van der Waals surface area contributed by atoms with Crippen LogP contribution in [-0.2, 0) is 4.79 Å². The van der Waals surface area contributed by atoms with E-state index in [2.05, 4.69) is 15.8 Å². The van der Waals surface area contributed by atoms with Crippen LogP contribution in [0.4, 0.5) is 0 Å². The van der Waals surface area contributed by atoms with Gasteiger partial charge in [0.25, 0.3) is 5.91 Å². The first kappa shape index (κ1) is 13.9. The van der Waals surface area contributed by atoms with Crippen LogP contribution in [0.5, 0.6) is 0 Å². The molecule has 106 valence electrons. The predicted molar refractivity (Wildman–Crippen MR) is 69.8 cm³/mol. The van der Waals surface area contributed by atoms with Gasteiger partial charge in [-0.1, -0.05) is 5.16 Å². The van der Waals surface area contributed by atoms with E-state index in [9.17, 15) is 9.59 Å². The van der Waals surface area contributed by atoms with E-state index in [0.29, 0.717) is 18.1 Å². The molecule has 2 amide bonds. The smallest absolute Gasteiger partial charge is 0.274 e. The highest BCUT2D eigenvalue weighted by molar-refractivity contribution is 5.96. The minimum Gasteiger partial charge on any atom is -0.461 e. The first-order valence-corrected chi connectivity index (χ1v) is 6.21. The number of aromatic nitrogens is 1. The molecule has 0 aliphatic carbocycles. The molecule has 0 aliphatic rings. The molecule has 2 rings (SSSR count). The summed E-state index contributed by atoms with van der Waals surface area (Å²) in [7, 11) is 0. The molecule has 7 heteroatoms. The average molecular weight is 277 g/mol. The molecule has 0 saturated heterocycles. The Hall–Kier alpha value is -2.57. The summed E-state index contributed by atoms with van der Waals surface area (Å²) in [5, 5.41) is 8.80. The lowest BCUT2D eigenvalue weighted by Crippen LogP contribution is -2.44. The zero-order valence-corrected chi connectivity index (χ0v) is 11.2. The molecule has 20 heavy (non-hydrogen) atoms. The van der Waals surface area contributed by atoms with E-state index >= 15 is 0 Å². The van der Waals surface area contributed by atoms with Crippen molar-refractivity contribution in [1.29, 1.82) is 0 Å². The van der Waals surface area contributed by atoms with Crippen LogP contribution in [0.3, 0.4) is 0 Å². The largest absolute Gasteiger partial charge is 0.461 e. The molecule has 2 aromatic rings. The van der Waals surface area contributed by atoms with Gasteiger partial charge in [0.05, 0.1) is 6.26 Å². The first-order valence-electron chi connectivity index (χ1n) is 6.21. The van der Waals surface area contributed by atoms with Gasteiger partial charge in [-0.2, -0.15) is 0 Å². The van der Waals surface area contributed by atoms with Crippen molar-refractivity contribution < 1.29 is 18.5 Å². The van der Waals surface area contributed by atoms with Gasteiger partial charge < -0.3 is 19.6 Å². The molecule has 2 heterocycles. The van der Waals surface area contributed by atoms with Crippen molar-refractivity contribution in [2.75, 3.05) is 6.54 Å². The summed E-state index contributed by atoms with van der Waals surface area (Å²) in [5.74, 6) is 0.0973. The van der Waals surface area contributed by atoms with Crippen molar-refractivity contribution in [2.45, 2.75) is 19.9 Å². The third kappa shape index (κ3) is 3.05. The molecule has 0 aliphatic heterocycles. The molecule has 0 bridgehead atoms. The number of carbonyl (C=O) groups excluding carboxylic acids is 2. The summed E-state index contributed by atoms with van der Waals surface area (Å²) in [5.41, 5.74) is 0.0903. The molecule has 1 unspecified atom stereocenters. The Bertz CT molecular complexity index is 589. The number of rotatable bonds is 5. The highest BCUT2D eigenvalue weighted by atomic mass is 16.5. The molecular formula is C13H15N3O4. The molecule has 2 aromatic heterocycles. The van der Waals surface area contributed by atoms with Gasteiger partial charge in [0.1, 0.15) is 6.04 Å². The van der Waals surface area contributed by atoms with Crippen molar-refractivity contribution in [1.82, 2.24) is 15.8 Å².